The second kappa shape index (κ2) is 7.38. The Morgan fingerprint density at radius 2 is 2.00 bits per heavy atom. The molecule has 1 aliphatic heterocycles. The molecule has 1 aliphatic rings. The number of halogens is 3. The van der Waals surface area contributed by atoms with Gasteiger partial charge in [0, 0.05) is 44.0 Å². The number of anilines is 1. The first-order valence-electron chi connectivity index (χ1n) is 9.57. The fraction of sp³-hybridized carbons (Fsp3) is 0.632. The first-order valence-corrected chi connectivity index (χ1v) is 9.57. The highest BCUT2D eigenvalue weighted by Crippen LogP contribution is 2.40. The summed E-state index contributed by atoms with van der Waals surface area (Å²) < 4.78 is 43.5. The predicted molar refractivity (Wildman–Crippen MR) is 103 cm³/mol. The number of amides is 1. The molecule has 7 nitrogen and oxygen atoms in total. The summed E-state index contributed by atoms with van der Waals surface area (Å²) in [6, 6.07) is -0.678. The van der Waals surface area contributed by atoms with Gasteiger partial charge in [0.2, 0.25) is 0 Å². The van der Waals surface area contributed by atoms with E-state index in [1.807, 2.05) is 34.7 Å². The maximum absolute atomic E-state index is 13.6. The molecular weight excluding hydrogens is 385 g/mol. The number of aromatic nitrogens is 4. The third kappa shape index (κ3) is 3.97. The van der Waals surface area contributed by atoms with Crippen LogP contribution in [-0.4, -0.2) is 49.6 Å². The molecule has 0 fully saturated rings. The molecule has 29 heavy (non-hydrogen) atoms. The Bertz CT molecular complexity index is 914. The van der Waals surface area contributed by atoms with Crippen molar-refractivity contribution in [2.75, 3.05) is 12.4 Å². The van der Waals surface area contributed by atoms with Crippen LogP contribution in [0.5, 0.6) is 0 Å². The van der Waals surface area contributed by atoms with Crippen LogP contribution in [0.2, 0.25) is 0 Å². The monoisotopic (exact) mass is 412 g/mol. The van der Waals surface area contributed by atoms with Crippen LogP contribution in [0, 0.1) is 19.8 Å². The average molecular weight is 412 g/mol. The van der Waals surface area contributed by atoms with Gasteiger partial charge in [0.25, 0.3) is 5.91 Å². The molecule has 0 saturated heterocycles. The molecule has 0 aliphatic carbocycles. The van der Waals surface area contributed by atoms with Gasteiger partial charge in [-0.05, 0) is 26.2 Å². The number of aryl methyl sites for hydroxylation is 2. The summed E-state index contributed by atoms with van der Waals surface area (Å²) in [7, 11) is 3.43. The molecule has 1 N–H and O–H groups in total. The van der Waals surface area contributed by atoms with Crippen molar-refractivity contribution in [1.82, 2.24) is 24.5 Å². The minimum absolute atomic E-state index is 0.00662. The standard InChI is InChI=1S/C19H27F3N6O/c1-10(2)14-7-16(19(20,21)22)28-17(23-14)8-15(25-28)18(29)26(5)9-13-11(3)24-27(6)12(13)4/h8,10,14,16,23H,7,9H2,1-6H3/t14-,16+/m0/s1. The van der Waals surface area contributed by atoms with Crippen molar-refractivity contribution in [2.45, 2.75) is 58.9 Å². The lowest BCUT2D eigenvalue weighted by Gasteiger charge is -2.35. The van der Waals surface area contributed by atoms with E-state index in [1.165, 1.54) is 11.0 Å². The van der Waals surface area contributed by atoms with Crippen molar-refractivity contribution in [2.24, 2.45) is 13.0 Å². The molecule has 3 rings (SSSR count). The number of nitrogens with zero attached hydrogens (tertiary/aromatic N) is 5. The number of hydrogen-bond donors (Lipinski definition) is 1. The summed E-state index contributed by atoms with van der Waals surface area (Å²) in [4.78, 5) is 14.3. The number of hydrogen-bond acceptors (Lipinski definition) is 4. The molecule has 10 heteroatoms. The first-order chi connectivity index (χ1) is 13.4. The molecule has 3 heterocycles. The van der Waals surface area contributed by atoms with Crippen LogP contribution in [0.1, 0.15) is 53.7 Å². The zero-order chi connectivity index (χ0) is 21.7. The van der Waals surface area contributed by atoms with E-state index in [4.69, 9.17) is 0 Å². The largest absolute Gasteiger partial charge is 0.410 e. The van der Waals surface area contributed by atoms with Crippen LogP contribution in [0.4, 0.5) is 19.0 Å². The van der Waals surface area contributed by atoms with Gasteiger partial charge in [-0.3, -0.25) is 9.48 Å². The van der Waals surface area contributed by atoms with Crippen molar-refractivity contribution in [1.29, 1.82) is 0 Å². The smallest absolute Gasteiger partial charge is 0.367 e. The van der Waals surface area contributed by atoms with Crippen LogP contribution in [0.25, 0.3) is 0 Å². The van der Waals surface area contributed by atoms with Gasteiger partial charge in [-0.15, -0.1) is 0 Å². The van der Waals surface area contributed by atoms with E-state index in [1.54, 1.807) is 11.7 Å². The Kier molecular flexibility index (Phi) is 5.40. The second-order valence-corrected chi connectivity index (χ2v) is 8.08. The Labute approximate surface area is 167 Å². The SMILES string of the molecule is Cc1nn(C)c(C)c1CN(C)C(=O)c1cc2n(n1)[C@@H](C(F)(F)F)C[C@@H](C(C)C)N2. The molecule has 2 aromatic rings. The Balaban J connectivity index is 1.88. The number of carbonyl (C=O) groups excluding carboxylic acids is 1. The van der Waals surface area contributed by atoms with Crippen molar-refractivity contribution in [3.05, 3.63) is 28.7 Å². The van der Waals surface area contributed by atoms with E-state index >= 15 is 0 Å². The highest BCUT2D eigenvalue weighted by Gasteiger charge is 2.47. The number of nitrogens with one attached hydrogen (secondary N) is 1. The summed E-state index contributed by atoms with van der Waals surface area (Å²) in [6.45, 7) is 7.81. The van der Waals surface area contributed by atoms with E-state index in [0.29, 0.717) is 6.54 Å². The molecule has 2 atom stereocenters. The van der Waals surface area contributed by atoms with Gasteiger partial charge in [0.05, 0.1) is 5.69 Å². The molecule has 0 spiro atoms. The molecule has 0 bridgehead atoms. The minimum atomic E-state index is -4.44. The van der Waals surface area contributed by atoms with E-state index in [-0.39, 0.29) is 29.9 Å². The summed E-state index contributed by atoms with van der Waals surface area (Å²) in [5.41, 5.74) is 2.66. The molecule has 2 aromatic heterocycles. The first kappa shape index (κ1) is 21.2. The fourth-order valence-corrected chi connectivity index (χ4v) is 3.70. The molecule has 160 valence electrons. The van der Waals surface area contributed by atoms with Gasteiger partial charge in [-0.25, -0.2) is 4.68 Å². The van der Waals surface area contributed by atoms with E-state index in [0.717, 1.165) is 21.6 Å². The van der Waals surface area contributed by atoms with Crippen molar-refractivity contribution in [3.8, 4) is 0 Å². The highest BCUT2D eigenvalue weighted by molar-refractivity contribution is 5.93. The normalized spacial score (nSPS) is 19.2. The topological polar surface area (TPSA) is 68.0 Å². The van der Waals surface area contributed by atoms with Crippen LogP contribution in [0.3, 0.4) is 0 Å². The third-order valence-corrected chi connectivity index (χ3v) is 5.64. The van der Waals surface area contributed by atoms with Gasteiger partial charge in [-0.2, -0.15) is 23.4 Å². The van der Waals surface area contributed by atoms with E-state index in [9.17, 15) is 18.0 Å². The third-order valence-electron chi connectivity index (χ3n) is 5.64. The van der Waals surface area contributed by atoms with Crippen LogP contribution in [-0.2, 0) is 13.6 Å². The summed E-state index contributed by atoms with van der Waals surface area (Å²) >= 11 is 0. The number of alkyl halides is 3. The molecule has 0 radical (unpaired) electrons. The molecule has 0 aromatic carbocycles. The van der Waals surface area contributed by atoms with Crippen molar-refractivity contribution in [3.63, 3.8) is 0 Å². The van der Waals surface area contributed by atoms with Crippen LogP contribution < -0.4 is 5.32 Å². The highest BCUT2D eigenvalue weighted by atomic mass is 19.4. The van der Waals surface area contributed by atoms with Crippen molar-refractivity contribution < 1.29 is 18.0 Å². The Morgan fingerprint density at radius 3 is 2.52 bits per heavy atom. The molecule has 0 saturated carbocycles. The molecular formula is C19H27F3N6O. The lowest BCUT2D eigenvalue weighted by atomic mass is 9.94. The van der Waals surface area contributed by atoms with Crippen LogP contribution in [0.15, 0.2) is 6.07 Å². The number of fused-ring (bicyclic) bond motifs is 1. The lowest BCUT2D eigenvalue weighted by Crippen LogP contribution is -2.41. The fourth-order valence-electron chi connectivity index (χ4n) is 3.70. The van der Waals surface area contributed by atoms with E-state index < -0.39 is 18.1 Å². The second-order valence-electron chi connectivity index (χ2n) is 8.08. The van der Waals surface area contributed by atoms with Crippen LogP contribution >= 0.6 is 0 Å². The number of rotatable bonds is 4. The minimum Gasteiger partial charge on any atom is -0.367 e. The summed E-state index contributed by atoms with van der Waals surface area (Å²) in [6.07, 6.45) is -4.56. The molecule has 1 amide bonds. The average Bonchev–Trinajstić information content (AvgIpc) is 3.15. The van der Waals surface area contributed by atoms with Gasteiger partial charge in [-0.1, -0.05) is 13.8 Å². The summed E-state index contributed by atoms with van der Waals surface area (Å²) in [5, 5.41) is 11.5. The van der Waals surface area contributed by atoms with Crippen molar-refractivity contribution >= 4 is 11.7 Å². The van der Waals surface area contributed by atoms with Gasteiger partial charge >= 0.3 is 6.18 Å². The number of carbonyl (C=O) groups is 1. The maximum Gasteiger partial charge on any atom is 0.410 e. The summed E-state index contributed by atoms with van der Waals surface area (Å²) in [5.74, 6) is -0.192. The van der Waals surface area contributed by atoms with Gasteiger partial charge in [0.15, 0.2) is 11.7 Å². The zero-order valence-electron chi connectivity index (χ0n) is 17.5. The Morgan fingerprint density at radius 1 is 1.34 bits per heavy atom. The predicted octanol–water partition coefficient (Wildman–Crippen LogP) is 3.45. The Hall–Kier alpha value is -2.52. The van der Waals surface area contributed by atoms with E-state index in [2.05, 4.69) is 15.5 Å². The lowest BCUT2D eigenvalue weighted by molar-refractivity contribution is -0.174. The maximum atomic E-state index is 13.6. The van der Waals surface area contributed by atoms with Gasteiger partial charge in [0.1, 0.15) is 5.82 Å². The zero-order valence-corrected chi connectivity index (χ0v) is 17.5. The molecule has 0 unspecified atom stereocenters. The quantitative estimate of drug-likeness (QED) is 0.835. The van der Waals surface area contributed by atoms with Gasteiger partial charge < -0.3 is 10.2 Å².